The Balaban J connectivity index is 1.52. The van der Waals surface area contributed by atoms with Gasteiger partial charge in [0.1, 0.15) is 0 Å². The van der Waals surface area contributed by atoms with E-state index in [-0.39, 0.29) is 0 Å². The fraction of sp³-hybridized carbons (Fsp3) is 0.800. The van der Waals surface area contributed by atoms with Gasteiger partial charge in [0.15, 0.2) is 0 Å². The molecule has 20 heavy (non-hydrogen) atoms. The molecular formula is C15H25N3S2. The summed E-state index contributed by atoms with van der Waals surface area (Å²) in [6.07, 6.45) is 2.71. The average Bonchev–Trinajstić information content (AvgIpc) is 3.14. The molecule has 1 saturated heterocycles. The van der Waals surface area contributed by atoms with E-state index in [1.807, 2.05) is 0 Å². The van der Waals surface area contributed by atoms with Crippen molar-refractivity contribution in [1.82, 2.24) is 15.1 Å². The van der Waals surface area contributed by atoms with Gasteiger partial charge in [-0.3, -0.25) is 4.68 Å². The molecule has 1 N–H and O–H groups in total. The van der Waals surface area contributed by atoms with Crippen LogP contribution < -0.4 is 5.32 Å². The zero-order chi connectivity index (χ0) is 14.0. The average molecular weight is 312 g/mol. The maximum absolute atomic E-state index is 4.63. The van der Waals surface area contributed by atoms with Gasteiger partial charge in [-0.05, 0) is 32.8 Å². The molecule has 2 aliphatic rings. The minimum absolute atomic E-state index is 0.477. The Morgan fingerprint density at radius 1 is 1.30 bits per heavy atom. The highest BCUT2D eigenvalue weighted by atomic mass is 32.2. The molecule has 3 rings (SSSR count). The van der Waals surface area contributed by atoms with Crippen molar-refractivity contribution in [1.29, 1.82) is 0 Å². The summed E-state index contributed by atoms with van der Waals surface area (Å²) in [6.45, 7) is 6.51. The van der Waals surface area contributed by atoms with Gasteiger partial charge in [-0.2, -0.15) is 28.6 Å². The summed E-state index contributed by atoms with van der Waals surface area (Å²) in [7, 11) is 0. The van der Waals surface area contributed by atoms with E-state index in [1.54, 1.807) is 0 Å². The van der Waals surface area contributed by atoms with Crippen LogP contribution in [0.4, 0.5) is 0 Å². The topological polar surface area (TPSA) is 29.9 Å². The molecule has 0 atom stereocenters. The maximum atomic E-state index is 4.63. The second kappa shape index (κ2) is 6.32. The molecule has 0 aromatic carbocycles. The molecule has 1 aliphatic heterocycles. The molecule has 1 saturated carbocycles. The molecule has 0 bridgehead atoms. The predicted octanol–water partition coefficient (Wildman–Crippen LogP) is 2.72. The van der Waals surface area contributed by atoms with Crippen LogP contribution in [0.2, 0.25) is 0 Å². The lowest BCUT2D eigenvalue weighted by Gasteiger charge is -2.21. The van der Waals surface area contributed by atoms with E-state index in [0.717, 1.165) is 18.8 Å². The molecule has 2 heterocycles. The van der Waals surface area contributed by atoms with E-state index in [9.17, 15) is 0 Å². The molecule has 1 aromatic heterocycles. The molecule has 112 valence electrons. The number of nitrogens with zero attached hydrogens (tertiary/aromatic N) is 2. The van der Waals surface area contributed by atoms with Crippen LogP contribution in [-0.4, -0.2) is 45.4 Å². The Kier molecular flexibility index (Phi) is 4.68. The monoisotopic (exact) mass is 311 g/mol. The quantitative estimate of drug-likeness (QED) is 0.905. The summed E-state index contributed by atoms with van der Waals surface area (Å²) in [5.74, 6) is 5.20. The summed E-state index contributed by atoms with van der Waals surface area (Å²) in [4.78, 5) is 0. The first-order valence-electron chi connectivity index (χ1n) is 7.57. The third-order valence-electron chi connectivity index (χ3n) is 4.32. The van der Waals surface area contributed by atoms with Crippen molar-refractivity contribution in [3.63, 3.8) is 0 Å². The number of thioether (sulfide) groups is 2. The Morgan fingerprint density at radius 2 is 2.00 bits per heavy atom. The first-order chi connectivity index (χ1) is 9.67. The minimum atomic E-state index is 0.477. The van der Waals surface area contributed by atoms with Gasteiger partial charge in [0.05, 0.1) is 5.69 Å². The summed E-state index contributed by atoms with van der Waals surface area (Å²) in [6, 6.07) is 2.88. The van der Waals surface area contributed by atoms with Crippen molar-refractivity contribution >= 4 is 23.5 Å². The molecule has 3 nitrogen and oxygen atoms in total. The fourth-order valence-corrected chi connectivity index (χ4v) is 5.28. The number of aryl methyl sites for hydroxylation is 2. The van der Waals surface area contributed by atoms with Crippen molar-refractivity contribution in [3.05, 3.63) is 17.5 Å². The summed E-state index contributed by atoms with van der Waals surface area (Å²) < 4.78 is 2.21. The highest BCUT2D eigenvalue weighted by molar-refractivity contribution is 8.03. The normalized spacial score (nSPS) is 22.7. The zero-order valence-electron chi connectivity index (χ0n) is 12.5. The van der Waals surface area contributed by atoms with Crippen molar-refractivity contribution in [3.8, 4) is 0 Å². The largest absolute Gasteiger partial charge is 0.312 e. The second-order valence-electron chi connectivity index (χ2n) is 6.31. The molecule has 0 unspecified atom stereocenters. The molecule has 1 aromatic rings. The van der Waals surface area contributed by atoms with Crippen LogP contribution in [0, 0.1) is 19.3 Å². The van der Waals surface area contributed by atoms with Crippen molar-refractivity contribution in [2.75, 3.05) is 29.6 Å². The first kappa shape index (κ1) is 14.8. The molecule has 0 spiro atoms. The van der Waals surface area contributed by atoms with E-state index in [4.69, 9.17) is 0 Å². The summed E-state index contributed by atoms with van der Waals surface area (Å²) >= 11 is 4.21. The predicted molar refractivity (Wildman–Crippen MR) is 89.8 cm³/mol. The highest BCUT2D eigenvalue weighted by Gasteiger charge is 2.43. The van der Waals surface area contributed by atoms with Crippen molar-refractivity contribution in [2.45, 2.75) is 39.3 Å². The Hall–Kier alpha value is -0.130. The fourth-order valence-electron chi connectivity index (χ4n) is 2.82. The van der Waals surface area contributed by atoms with Gasteiger partial charge in [0, 0.05) is 53.3 Å². The molecule has 1 aliphatic carbocycles. The highest BCUT2D eigenvalue weighted by Crippen LogP contribution is 2.46. The van der Waals surface area contributed by atoms with E-state index >= 15 is 0 Å². The van der Waals surface area contributed by atoms with Crippen LogP contribution in [-0.2, 0) is 6.54 Å². The Morgan fingerprint density at radius 3 is 2.55 bits per heavy atom. The molecule has 0 radical (unpaired) electrons. The number of nitrogens with one attached hydrogen (secondary N) is 1. The van der Waals surface area contributed by atoms with E-state index in [1.165, 1.54) is 41.5 Å². The number of hydrogen-bond donors (Lipinski definition) is 1. The minimum Gasteiger partial charge on any atom is -0.312 e. The third-order valence-corrected chi connectivity index (χ3v) is 6.84. The standard InChI is InChI=1S/C15H25N3S2/c1-12-7-13(2)18(17-12)11-15(3-4-15)10-16-14-8-19-5-6-20-9-14/h7,14,16H,3-6,8-11H2,1-2H3. The van der Waals surface area contributed by atoms with Gasteiger partial charge >= 0.3 is 0 Å². The van der Waals surface area contributed by atoms with Gasteiger partial charge in [0.2, 0.25) is 0 Å². The third kappa shape index (κ3) is 3.74. The van der Waals surface area contributed by atoms with Gasteiger partial charge in [-0.25, -0.2) is 0 Å². The lowest BCUT2D eigenvalue weighted by atomic mass is 10.1. The van der Waals surface area contributed by atoms with E-state index in [2.05, 4.69) is 58.5 Å². The van der Waals surface area contributed by atoms with Crippen LogP contribution in [0.5, 0.6) is 0 Å². The van der Waals surface area contributed by atoms with Crippen molar-refractivity contribution < 1.29 is 0 Å². The zero-order valence-corrected chi connectivity index (χ0v) is 14.2. The van der Waals surface area contributed by atoms with Crippen LogP contribution in [0.25, 0.3) is 0 Å². The van der Waals surface area contributed by atoms with Crippen LogP contribution in [0.1, 0.15) is 24.2 Å². The SMILES string of the molecule is Cc1cc(C)n(CC2(CNC3CSCCSC3)CC2)n1. The summed E-state index contributed by atoms with van der Waals surface area (Å²) in [5, 5.41) is 8.45. The summed E-state index contributed by atoms with van der Waals surface area (Å²) in [5.41, 5.74) is 2.92. The van der Waals surface area contributed by atoms with Gasteiger partial charge in [0.25, 0.3) is 0 Å². The molecule has 2 fully saturated rings. The van der Waals surface area contributed by atoms with Crippen molar-refractivity contribution in [2.24, 2.45) is 5.41 Å². The number of hydrogen-bond acceptors (Lipinski definition) is 4. The molecule has 0 amide bonds. The van der Waals surface area contributed by atoms with Gasteiger partial charge in [-0.15, -0.1) is 0 Å². The van der Waals surface area contributed by atoms with E-state index < -0.39 is 0 Å². The van der Waals surface area contributed by atoms with E-state index in [0.29, 0.717) is 11.5 Å². The molecular weight excluding hydrogens is 286 g/mol. The Bertz CT molecular complexity index is 446. The first-order valence-corrected chi connectivity index (χ1v) is 9.88. The van der Waals surface area contributed by atoms with Gasteiger partial charge < -0.3 is 5.32 Å². The number of rotatable bonds is 5. The lowest BCUT2D eigenvalue weighted by Crippen LogP contribution is -2.38. The Labute approximate surface area is 130 Å². The molecule has 5 heteroatoms. The van der Waals surface area contributed by atoms with Crippen LogP contribution >= 0.6 is 23.5 Å². The smallest absolute Gasteiger partial charge is 0.0596 e. The second-order valence-corrected chi connectivity index (χ2v) is 8.61. The van der Waals surface area contributed by atoms with Crippen LogP contribution in [0.3, 0.4) is 0 Å². The van der Waals surface area contributed by atoms with Crippen LogP contribution in [0.15, 0.2) is 6.07 Å². The lowest BCUT2D eigenvalue weighted by molar-refractivity contribution is 0.358. The number of aromatic nitrogens is 2. The maximum Gasteiger partial charge on any atom is 0.0596 e. The van der Waals surface area contributed by atoms with Gasteiger partial charge in [-0.1, -0.05) is 0 Å².